The van der Waals surface area contributed by atoms with Crippen molar-refractivity contribution >= 4 is 0 Å². The van der Waals surface area contributed by atoms with Crippen LogP contribution >= 0.6 is 0 Å². The lowest BCUT2D eigenvalue weighted by Gasteiger charge is -2.29. The molecule has 1 aliphatic rings. The Morgan fingerprint density at radius 2 is 1.95 bits per heavy atom. The van der Waals surface area contributed by atoms with Crippen molar-refractivity contribution in [2.45, 2.75) is 46.1 Å². The standard InChI is InChI=1S/C18H29NO2/c1-14(2)10-12-20-17-8-4-5-9-18(17)21-15(3)16-7-6-11-19-13-16/h4-5,8-9,14-16,19H,6-7,10-13H2,1-3H3. The topological polar surface area (TPSA) is 30.5 Å². The van der Waals surface area contributed by atoms with Crippen LogP contribution in [0.15, 0.2) is 24.3 Å². The lowest BCUT2D eigenvalue weighted by Crippen LogP contribution is -2.37. The fourth-order valence-corrected chi connectivity index (χ4v) is 2.65. The third-order valence-corrected chi connectivity index (χ3v) is 4.11. The second-order valence-electron chi connectivity index (χ2n) is 6.41. The number of rotatable bonds is 7. The molecule has 2 rings (SSSR count). The molecular weight excluding hydrogens is 262 g/mol. The molecule has 1 N–H and O–H groups in total. The highest BCUT2D eigenvalue weighted by atomic mass is 16.5. The highest BCUT2D eigenvalue weighted by molar-refractivity contribution is 5.39. The summed E-state index contributed by atoms with van der Waals surface area (Å²) in [5.74, 6) is 2.99. The number of ether oxygens (including phenoxy) is 2. The molecule has 1 aromatic carbocycles. The fraction of sp³-hybridized carbons (Fsp3) is 0.667. The molecule has 0 amide bonds. The smallest absolute Gasteiger partial charge is 0.161 e. The van der Waals surface area contributed by atoms with E-state index in [1.165, 1.54) is 12.8 Å². The molecule has 1 aliphatic heterocycles. The molecule has 1 heterocycles. The Kier molecular flexibility index (Phi) is 6.37. The van der Waals surface area contributed by atoms with Gasteiger partial charge in [0.15, 0.2) is 11.5 Å². The van der Waals surface area contributed by atoms with Gasteiger partial charge in [0.25, 0.3) is 0 Å². The van der Waals surface area contributed by atoms with Crippen molar-refractivity contribution in [1.82, 2.24) is 5.32 Å². The molecule has 0 spiro atoms. The first-order valence-electron chi connectivity index (χ1n) is 8.26. The lowest BCUT2D eigenvalue weighted by atomic mass is 9.94. The molecular formula is C18H29NO2. The molecule has 0 radical (unpaired) electrons. The largest absolute Gasteiger partial charge is 0.490 e. The van der Waals surface area contributed by atoms with E-state index < -0.39 is 0 Å². The van der Waals surface area contributed by atoms with Crippen molar-refractivity contribution in [3.05, 3.63) is 24.3 Å². The first-order chi connectivity index (χ1) is 10.2. The van der Waals surface area contributed by atoms with Gasteiger partial charge in [-0.15, -0.1) is 0 Å². The fourth-order valence-electron chi connectivity index (χ4n) is 2.65. The van der Waals surface area contributed by atoms with Gasteiger partial charge in [-0.05, 0) is 50.8 Å². The van der Waals surface area contributed by atoms with Crippen molar-refractivity contribution < 1.29 is 9.47 Å². The highest BCUT2D eigenvalue weighted by Crippen LogP contribution is 2.30. The molecule has 3 nitrogen and oxygen atoms in total. The Labute approximate surface area is 129 Å². The van der Waals surface area contributed by atoms with Crippen molar-refractivity contribution in [2.75, 3.05) is 19.7 Å². The van der Waals surface area contributed by atoms with Crippen LogP contribution in [0.3, 0.4) is 0 Å². The van der Waals surface area contributed by atoms with Gasteiger partial charge in [0, 0.05) is 12.5 Å². The van der Waals surface area contributed by atoms with Crippen molar-refractivity contribution in [3.63, 3.8) is 0 Å². The summed E-state index contributed by atoms with van der Waals surface area (Å²) in [7, 11) is 0. The van der Waals surface area contributed by atoms with Gasteiger partial charge in [-0.2, -0.15) is 0 Å². The number of hydrogen-bond donors (Lipinski definition) is 1. The van der Waals surface area contributed by atoms with Crippen LogP contribution in [0, 0.1) is 11.8 Å². The Bertz CT molecular complexity index is 413. The minimum atomic E-state index is 0.215. The van der Waals surface area contributed by atoms with Gasteiger partial charge >= 0.3 is 0 Å². The second-order valence-corrected chi connectivity index (χ2v) is 6.41. The van der Waals surface area contributed by atoms with Gasteiger partial charge in [-0.25, -0.2) is 0 Å². The molecule has 2 atom stereocenters. The van der Waals surface area contributed by atoms with Crippen LogP contribution in [0.5, 0.6) is 11.5 Å². The third-order valence-electron chi connectivity index (χ3n) is 4.11. The molecule has 21 heavy (non-hydrogen) atoms. The summed E-state index contributed by atoms with van der Waals surface area (Å²) in [6.45, 7) is 9.53. The summed E-state index contributed by atoms with van der Waals surface area (Å²) in [5, 5.41) is 3.45. The maximum absolute atomic E-state index is 6.18. The Hall–Kier alpha value is -1.22. The van der Waals surface area contributed by atoms with E-state index in [4.69, 9.17) is 9.47 Å². The van der Waals surface area contributed by atoms with Crippen LogP contribution < -0.4 is 14.8 Å². The predicted octanol–water partition coefficient (Wildman–Crippen LogP) is 3.88. The summed E-state index contributed by atoms with van der Waals surface area (Å²) in [6.07, 6.45) is 3.76. The molecule has 3 heteroatoms. The minimum Gasteiger partial charge on any atom is -0.490 e. The molecule has 2 unspecified atom stereocenters. The molecule has 0 bridgehead atoms. The predicted molar refractivity (Wildman–Crippen MR) is 87.1 cm³/mol. The van der Waals surface area contributed by atoms with Crippen LogP contribution in [0.25, 0.3) is 0 Å². The van der Waals surface area contributed by atoms with Crippen molar-refractivity contribution in [2.24, 2.45) is 11.8 Å². The van der Waals surface area contributed by atoms with Crippen LogP contribution in [0.1, 0.15) is 40.0 Å². The maximum Gasteiger partial charge on any atom is 0.161 e. The van der Waals surface area contributed by atoms with E-state index in [1.807, 2.05) is 24.3 Å². The van der Waals surface area contributed by atoms with Gasteiger partial charge in [-0.1, -0.05) is 26.0 Å². The van der Waals surface area contributed by atoms with E-state index in [1.54, 1.807) is 0 Å². The summed E-state index contributed by atoms with van der Waals surface area (Å²) < 4.78 is 12.1. The Balaban J connectivity index is 1.92. The number of piperidine rings is 1. The zero-order valence-electron chi connectivity index (χ0n) is 13.6. The normalized spacial score (nSPS) is 20.3. The zero-order valence-corrected chi connectivity index (χ0v) is 13.6. The van der Waals surface area contributed by atoms with E-state index in [-0.39, 0.29) is 6.10 Å². The van der Waals surface area contributed by atoms with E-state index in [2.05, 4.69) is 26.1 Å². The van der Waals surface area contributed by atoms with Crippen molar-refractivity contribution in [1.29, 1.82) is 0 Å². The molecule has 0 saturated carbocycles. The quantitative estimate of drug-likeness (QED) is 0.827. The SMILES string of the molecule is CC(C)CCOc1ccccc1OC(C)C1CCCNC1. The second kappa shape index (κ2) is 8.28. The number of benzene rings is 1. The summed E-state index contributed by atoms with van der Waals surface area (Å²) >= 11 is 0. The molecule has 1 fully saturated rings. The average molecular weight is 291 g/mol. The summed E-state index contributed by atoms with van der Waals surface area (Å²) in [4.78, 5) is 0. The lowest BCUT2D eigenvalue weighted by molar-refractivity contribution is 0.125. The Morgan fingerprint density at radius 1 is 1.19 bits per heavy atom. The number of hydrogen-bond acceptors (Lipinski definition) is 3. The van der Waals surface area contributed by atoms with Crippen LogP contribution in [-0.2, 0) is 0 Å². The zero-order chi connectivity index (χ0) is 15.1. The summed E-state index contributed by atoms with van der Waals surface area (Å²) in [6, 6.07) is 8.03. The van der Waals surface area contributed by atoms with Crippen LogP contribution in [0.2, 0.25) is 0 Å². The third kappa shape index (κ3) is 5.24. The number of para-hydroxylation sites is 2. The van der Waals surface area contributed by atoms with Gasteiger partial charge < -0.3 is 14.8 Å². The van der Waals surface area contributed by atoms with Crippen molar-refractivity contribution in [3.8, 4) is 11.5 Å². The van der Waals surface area contributed by atoms with Gasteiger partial charge in [0.05, 0.1) is 6.61 Å². The molecule has 0 aliphatic carbocycles. The van der Waals surface area contributed by atoms with Crippen LogP contribution in [0.4, 0.5) is 0 Å². The monoisotopic (exact) mass is 291 g/mol. The minimum absolute atomic E-state index is 0.215. The van der Waals surface area contributed by atoms with Crippen LogP contribution in [-0.4, -0.2) is 25.8 Å². The van der Waals surface area contributed by atoms with Gasteiger partial charge in [0.1, 0.15) is 6.10 Å². The first kappa shape index (κ1) is 16.2. The maximum atomic E-state index is 6.18. The van der Waals surface area contributed by atoms with Gasteiger partial charge in [0.2, 0.25) is 0 Å². The van der Waals surface area contributed by atoms with E-state index in [9.17, 15) is 0 Å². The molecule has 1 aromatic rings. The van der Waals surface area contributed by atoms with E-state index in [0.29, 0.717) is 11.8 Å². The van der Waals surface area contributed by atoms with E-state index >= 15 is 0 Å². The molecule has 118 valence electrons. The molecule has 1 saturated heterocycles. The van der Waals surface area contributed by atoms with Gasteiger partial charge in [-0.3, -0.25) is 0 Å². The first-order valence-corrected chi connectivity index (χ1v) is 8.26. The van der Waals surface area contributed by atoms with E-state index in [0.717, 1.165) is 37.6 Å². The Morgan fingerprint density at radius 3 is 2.62 bits per heavy atom. The average Bonchev–Trinajstić information content (AvgIpc) is 2.49. The highest BCUT2D eigenvalue weighted by Gasteiger charge is 2.22. The number of nitrogens with one attached hydrogen (secondary N) is 1. The summed E-state index contributed by atoms with van der Waals surface area (Å²) in [5.41, 5.74) is 0. The molecule has 0 aromatic heterocycles.